The van der Waals surface area contributed by atoms with Gasteiger partial charge in [-0.2, -0.15) is 0 Å². The zero-order chi connectivity index (χ0) is 15.5. The number of carbonyl (C=O) groups excluding carboxylic acids is 1. The highest BCUT2D eigenvalue weighted by Crippen LogP contribution is 2.24. The number of amides is 1. The summed E-state index contributed by atoms with van der Waals surface area (Å²) in [6.07, 6.45) is 2.90. The van der Waals surface area contributed by atoms with Crippen molar-refractivity contribution in [1.82, 2.24) is 10.3 Å². The van der Waals surface area contributed by atoms with Crippen LogP contribution in [0.4, 0.5) is 5.82 Å². The molecule has 116 valence electrons. The molecule has 0 spiro atoms. The van der Waals surface area contributed by atoms with Crippen molar-refractivity contribution >= 4 is 22.6 Å². The molecule has 1 heterocycles. The molecule has 1 fully saturated rings. The van der Waals surface area contributed by atoms with E-state index in [1.54, 1.807) is 6.07 Å². The molecule has 0 unspecified atom stereocenters. The molecule has 0 saturated heterocycles. The number of nitrogens with one attached hydrogen (secondary N) is 2. The first-order valence-corrected chi connectivity index (χ1v) is 7.79. The Balaban J connectivity index is 1.97. The van der Waals surface area contributed by atoms with Gasteiger partial charge in [-0.3, -0.25) is 4.79 Å². The van der Waals surface area contributed by atoms with Crippen molar-refractivity contribution in [2.75, 3.05) is 11.9 Å². The number of aromatic nitrogens is 1. The van der Waals surface area contributed by atoms with Crippen LogP contribution < -0.4 is 10.6 Å². The molecule has 3 N–H and O–H groups in total. The van der Waals surface area contributed by atoms with Crippen LogP contribution in [0.15, 0.2) is 30.3 Å². The summed E-state index contributed by atoms with van der Waals surface area (Å²) in [6, 6.07) is 9.66. The summed E-state index contributed by atoms with van der Waals surface area (Å²) in [5.41, 5.74) is 1.41. The molecular formula is C17H21N3O2. The quantitative estimate of drug-likeness (QED) is 0.765. The van der Waals surface area contributed by atoms with Crippen molar-refractivity contribution in [1.29, 1.82) is 0 Å². The van der Waals surface area contributed by atoms with Crippen molar-refractivity contribution in [2.45, 2.75) is 38.3 Å². The Morgan fingerprint density at radius 2 is 2.18 bits per heavy atom. The predicted molar refractivity (Wildman–Crippen MR) is 87.0 cm³/mol. The number of aliphatic hydroxyl groups is 1. The third-order valence-corrected chi connectivity index (χ3v) is 3.94. The van der Waals surface area contributed by atoms with E-state index in [4.69, 9.17) is 0 Å². The first kappa shape index (κ1) is 14.8. The van der Waals surface area contributed by atoms with E-state index < -0.39 is 0 Å². The monoisotopic (exact) mass is 299 g/mol. The predicted octanol–water partition coefficient (Wildman–Crippen LogP) is 2.31. The number of hydrogen-bond donors (Lipinski definition) is 3. The molecule has 1 aliphatic rings. The number of para-hydroxylation sites is 1. The standard InChI is InChI=1S/C17H21N3O2/c1-2-11(10-21)18-16-9-14(17(22)19-12-7-8-12)13-5-3-4-6-15(13)20-16/h3-6,9,11-12,21H,2,7-8,10H2,1H3,(H,18,20)(H,19,22)/t11-/m0/s1. The third-order valence-electron chi connectivity index (χ3n) is 3.94. The number of aliphatic hydroxyl groups excluding tert-OH is 1. The first-order valence-electron chi connectivity index (χ1n) is 7.79. The lowest BCUT2D eigenvalue weighted by molar-refractivity contribution is 0.0952. The molecule has 22 heavy (non-hydrogen) atoms. The summed E-state index contributed by atoms with van der Waals surface area (Å²) in [4.78, 5) is 17.0. The summed E-state index contributed by atoms with van der Waals surface area (Å²) in [5, 5.41) is 16.4. The largest absolute Gasteiger partial charge is 0.394 e. The second-order valence-electron chi connectivity index (χ2n) is 5.75. The van der Waals surface area contributed by atoms with Crippen LogP contribution in [-0.4, -0.2) is 34.7 Å². The van der Waals surface area contributed by atoms with E-state index in [-0.39, 0.29) is 18.6 Å². The lowest BCUT2D eigenvalue weighted by Gasteiger charge is -2.16. The molecular weight excluding hydrogens is 278 g/mol. The van der Waals surface area contributed by atoms with Crippen molar-refractivity contribution < 1.29 is 9.90 Å². The third kappa shape index (κ3) is 3.20. The van der Waals surface area contributed by atoms with Crippen LogP contribution in [0.5, 0.6) is 0 Å². The van der Waals surface area contributed by atoms with E-state index in [2.05, 4.69) is 15.6 Å². The zero-order valence-electron chi connectivity index (χ0n) is 12.7. The highest BCUT2D eigenvalue weighted by atomic mass is 16.3. The number of fused-ring (bicyclic) bond motifs is 1. The number of anilines is 1. The molecule has 0 bridgehead atoms. The van der Waals surface area contributed by atoms with Crippen LogP contribution in [0.25, 0.3) is 10.9 Å². The number of rotatable bonds is 6. The van der Waals surface area contributed by atoms with Gasteiger partial charge in [0.2, 0.25) is 0 Å². The number of carbonyl (C=O) groups is 1. The van der Waals surface area contributed by atoms with Gasteiger partial charge in [0, 0.05) is 11.4 Å². The molecule has 1 aromatic heterocycles. The number of pyridine rings is 1. The maximum atomic E-state index is 12.5. The van der Waals surface area contributed by atoms with Crippen LogP contribution in [0, 0.1) is 0 Å². The Morgan fingerprint density at radius 3 is 2.86 bits per heavy atom. The van der Waals surface area contributed by atoms with E-state index >= 15 is 0 Å². The topological polar surface area (TPSA) is 74.2 Å². The molecule has 1 aliphatic carbocycles. The van der Waals surface area contributed by atoms with Crippen LogP contribution in [0.3, 0.4) is 0 Å². The smallest absolute Gasteiger partial charge is 0.252 e. The molecule has 5 heteroatoms. The molecule has 3 rings (SSSR count). The molecule has 0 radical (unpaired) electrons. The van der Waals surface area contributed by atoms with Crippen molar-refractivity contribution in [3.63, 3.8) is 0 Å². The van der Waals surface area contributed by atoms with Crippen molar-refractivity contribution in [3.8, 4) is 0 Å². The van der Waals surface area contributed by atoms with Gasteiger partial charge < -0.3 is 15.7 Å². The van der Waals surface area contributed by atoms with E-state index in [0.717, 1.165) is 30.2 Å². The lowest BCUT2D eigenvalue weighted by Crippen LogP contribution is -2.27. The van der Waals surface area contributed by atoms with Crippen LogP contribution >= 0.6 is 0 Å². The van der Waals surface area contributed by atoms with Gasteiger partial charge in [-0.25, -0.2) is 4.98 Å². The van der Waals surface area contributed by atoms with Gasteiger partial charge in [-0.1, -0.05) is 25.1 Å². The Bertz CT molecular complexity index is 679. The Hall–Kier alpha value is -2.14. The van der Waals surface area contributed by atoms with Crippen molar-refractivity contribution in [2.24, 2.45) is 0 Å². The fourth-order valence-corrected chi connectivity index (χ4v) is 2.41. The molecule has 2 aromatic rings. The van der Waals surface area contributed by atoms with Crippen molar-refractivity contribution in [3.05, 3.63) is 35.9 Å². The maximum Gasteiger partial charge on any atom is 0.252 e. The average molecular weight is 299 g/mol. The van der Waals surface area contributed by atoms with E-state index in [1.165, 1.54) is 0 Å². The average Bonchev–Trinajstić information content (AvgIpc) is 3.35. The minimum atomic E-state index is -0.0620. The molecule has 1 saturated carbocycles. The fourth-order valence-electron chi connectivity index (χ4n) is 2.41. The van der Waals surface area contributed by atoms with E-state index in [1.807, 2.05) is 31.2 Å². The second kappa shape index (κ2) is 6.32. The number of benzene rings is 1. The van der Waals surface area contributed by atoms with E-state index in [0.29, 0.717) is 17.4 Å². The molecule has 5 nitrogen and oxygen atoms in total. The first-order chi connectivity index (χ1) is 10.7. The summed E-state index contributed by atoms with van der Waals surface area (Å²) in [5.74, 6) is 0.571. The molecule has 1 aromatic carbocycles. The maximum absolute atomic E-state index is 12.5. The SMILES string of the molecule is CC[C@@H](CO)Nc1cc(C(=O)NC2CC2)c2ccccc2n1. The van der Waals surface area contributed by atoms with Gasteiger partial charge in [0.05, 0.1) is 23.7 Å². The number of hydrogen-bond acceptors (Lipinski definition) is 4. The van der Waals surface area contributed by atoms with Gasteiger partial charge in [0.15, 0.2) is 0 Å². The summed E-state index contributed by atoms with van der Waals surface area (Å²) in [6.45, 7) is 2.03. The lowest BCUT2D eigenvalue weighted by atomic mass is 10.1. The zero-order valence-corrected chi connectivity index (χ0v) is 12.7. The molecule has 1 atom stereocenters. The highest BCUT2D eigenvalue weighted by Gasteiger charge is 2.25. The van der Waals surface area contributed by atoms with Gasteiger partial charge in [-0.05, 0) is 31.4 Å². The minimum Gasteiger partial charge on any atom is -0.394 e. The fraction of sp³-hybridized carbons (Fsp3) is 0.412. The van der Waals surface area contributed by atoms with Gasteiger partial charge in [-0.15, -0.1) is 0 Å². The summed E-state index contributed by atoms with van der Waals surface area (Å²) >= 11 is 0. The molecule has 1 amide bonds. The van der Waals surface area contributed by atoms with Crippen LogP contribution in [0.1, 0.15) is 36.5 Å². The van der Waals surface area contributed by atoms with Crippen LogP contribution in [-0.2, 0) is 0 Å². The summed E-state index contributed by atoms with van der Waals surface area (Å²) in [7, 11) is 0. The normalized spacial score (nSPS) is 15.5. The van der Waals surface area contributed by atoms with Gasteiger partial charge in [0.1, 0.15) is 5.82 Å². The Kier molecular flexibility index (Phi) is 4.24. The van der Waals surface area contributed by atoms with Crippen LogP contribution in [0.2, 0.25) is 0 Å². The minimum absolute atomic E-state index is 0.0363. The second-order valence-corrected chi connectivity index (χ2v) is 5.75. The molecule has 0 aliphatic heterocycles. The summed E-state index contributed by atoms with van der Waals surface area (Å²) < 4.78 is 0. The van der Waals surface area contributed by atoms with E-state index in [9.17, 15) is 9.90 Å². The van der Waals surface area contributed by atoms with Gasteiger partial charge >= 0.3 is 0 Å². The highest BCUT2D eigenvalue weighted by molar-refractivity contribution is 6.07. The van der Waals surface area contributed by atoms with Gasteiger partial charge in [0.25, 0.3) is 5.91 Å². The Morgan fingerprint density at radius 1 is 1.41 bits per heavy atom. The number of nitrogens with zero attached hydrogens (tertiary/aromatic N) is 1. The Labute approximate surface area is 129 Å².